The largest absolute Gasteiger partial charge is 0.493 e. The molecule has 9 heteroatoms. The highest BCUT2D eigenvalue weighted by Crippen LogP contribution is 2.50. The average molecular weight is 632 g/mol. The SMILES string of the molecule is CN/C=C(\N)COc1cc(/C=C/c2cc3c(c(OC)c2)OC2CCCC(C)(C)C2C3)cc(OC/C(N)=C/N(C)N)c1CC=C(C)C. The minimum absolute atomic E-state index is 0.165. The maximum absolute atomic E-state index is 6.60. The van der Waals surface area contributed by atoms with Crippen LogP contribution in [0, 0.1) is 11.3 Å². The van der Waals surface area contributed by atoms with Gasteiger partial charge in [0.25, 0.3) is 0 Å². The number of nitrogens with zero attached hydrogens (tertiary/aromatic N) is 1. The number of nitrogens with two attached hydrogens (primary N) is 3. The van der Waals surface area contributed by atoms with Crippen LogP contribution in [-0.2, 0) is 12.8 Å². The van der Waals surface area contributed by atoms with Crippen LogP contribution < -0.4 is 41.6 Å². The molecule has 9 nitrogen and oxygen atoms in total. The van der Waals surface area contributed by atoms with Crippen LogP contribution in [0.5, 0.6) is 23.0 Å². The van der Waals surface area contributed by atoms with Crippen molar-refractivity contribution in [3.8, 4) is 23.0 Å². The molecule has 0 radical (unpaired) electrons. The van der Waals surface area contributed by atoms with Gasteiger partial charge in [-0.15, -0.1) is 0 Å². The minimum Gasteiger partial charge on any atom is -0.493 e. The summed E-state index contributed by atoms with van der Waals surface area (Å²) in [5.41, 5.74) is 18.9. The van der Waals surface area contributed by atoms with Gasteiger partial charge in [-0.2, -0.15) is 0 Å². The number of nitrogens with one attached hydrogen (secondary N) is 1. The number of fused-ring (bicyclic) bond motifs is 2. The molecule has 0 aromatic heterocycles. The molecule has 2 aromatic rings. The zero-order valence-corrected chi connectivity index (χ0v) is 28.6. The highest BCUT2D eigenvalue weighted by atomic mass is 16.5. The molecule has 0 bridgehead atoms. The summed E-state index contributed by atoms with van der Waals surface area (Å²) in [6, 6.07) is 8.30. The maximum atomic E-state index is 6.60. The maximum Gasteiger partial charge on any atom is 0.164 e. The molecule has 1 fully saturated rings. The number of allylic oxidation sites excluding steroid dienone is 2. The monoisotopic (exact) mass is 631 g/mol. The molecular weight excluding hydrogens is 578 g/mol. The van der Waals surface area contributed by atoms with Crippen molar-refractivity contribution < 1.29 is 18.9 Å². The molecule has 1 heterocycles. The zero-order valence-electron chi connectivity index (χ0n) is 28.6. The van der Waals surface area contributed by atoms with Gasteiger partial charge >= 0.3 is 0 Å². The van der Waals surface area contributed by atoms with E-state index in [4.69, 9.17) is 36.3 Å². The van der Waals surface area contributed by atoms with E-state index in [2.05, 4.69) is 57.3 Å². The van der Waals surface area contributed by atoms with Gasteiger partial charge in [0.1, 0.15) is 30.8 Å². The summed E-state index contributed by atoms with van der Waals surface area (Å²) in [6.07, 6.45) is 15.0. The van der Waals surface area contributed by atoms with Crippen LogP contribution in [0.25, 0.3) is 12.2 Å². The molecule has 0 spiro atoms. The Morgan fingerprint density at radius 3 is 2.26 bits per heavy atom. The van der Waals surface area contributed by atoms with Crippen molar-refractivity contribution in [2.24, 2.45) is 28.6 Å². The Kier molecular flexibility index (Phi) is 11.6. The fourth-order valence-electron chi connectivity index (χ4n) is 6.34. The summed E-state index contributed by atoms with van der Waals surface area (Å²) in [6.45, 7) is 9.27. The molecule has 7 N–H and O–H groups in total. The van der Waals surface area contributed by atoms with Crippen molar-refractivity contribution in [3.05, 3.63) is 82.0 Å². The Morgan fingerprint density at radius 1 is 1.02 bits per heavy atom. The molecule has 0 saturated heterocycles. The molecule has 2 atom stereocenters. The lowest BCUT2D eigenvalue weighted by Crippen LogP contribution is -2.45. The van der Waals surface area contributed by atoms with Crippen molar-refractivity contribution in [2.45, 2.75) is 65.9 Å². The van der Waals surface area contributed by atoms with Crippen LogP contribution in [0.3, 0.4) is 0 Å². The Bertz CT molecular complexity index is 1490. The van der Waals surface area contributed by atoms with E-state index in [-0.39, 0.29) is 24.7 Å². The second kappa shape index (κ2) is 15.4. The molecule has 46 heavy (non-hydrogen) atoms. The molecule has 1 aliphatic carbocycles. The van der Waals surface area contributed by atoms with E-state index in [1.54, 1.807) is 33.6 Å². The van der Waals surface area contributed by atoms with E-state index >= 15 is 0 Å². The highest BCUT2D eigenvalue weighted by Gasteiger charge is 2.43. The number of ether oxygens (including phenoxy) is 4. The van der Waals surface area contributed by atoms with Crippen LogP contribution in [0.1, 0.15) is 69.2 Å². The Labute approximate surface area is 275 Å². The summed E-state index contributed by atoms with van der Waals surface area (Å²) in [5.74, 6) is 9.25. The van der Waals surface area contributed by atoms with E-state index < -0.39 is 0 Å². The molecule has 2 aliphatic rings. The molecule has 1 saturated carbocycles. The number of rotatable bonds is 13. The first kappa shape index (κ1) is 34.6. The molecule has 2 aromatic carbocycles. The van der Waals surface area contributed by atoms with Gasteiger partial charge in [-0.25, -0.2) is 5.84 Å². The summed E-state index contributed by atoms with van der Waals surface area (Å²) < 4.78 is 25.0. The van der Waals surface area contributed by atoms with E-state index in [1.807, 2.05) is 18.2 Å². The fraction of sp³-hybridized carbons (Fsp3) is 0.459. The summed E-state index contributed by atoms with van der Waals surface area (Å²) in [4.78, 5) is 0. The standard InChI is InChI=1S/C37H53N5O4/c1-24(2)10-13-30-33(44-22-28(38)20-41-5)16-26(17-34(30)45-23-29(39)21-42(6)40)12-11-25-15-27-19-31-32(9-8-14-37(31,3)4)46-36(27)35(18-25)43-7/h10-12,15-18,20-21,31-32,41H,8-9,13-14,19,22-23,38-40H2,1-7H3/b12-11+,28-20-,29-21-. The van der Waals surface area contributed by atoms with Gasteiger partial charge in [-0.3, -0.25) is 0 Å². The van der Waals surface area contributed by atoms with Crippen molar-refractivity contribution >= 4 is 12.2 Å². The molecule has 2 unspecified atom stereocenters. The predicted octanol–water partition coefficient (Wildman–Crippen LogP) is 5.89. The molecule has 1 aliphatic heterocycles. The van der Waals surface area contributed by atoms with Crippen LogP contribution in [0.15, 0.2) is 59.7 Å². The van der Waals surface area contributed by atoms with Crippen molar-refractivity contribution in [1.29, 1.82) is 0 Å². The Balaban J connectivity index is 1.72. The third-order valence-corrected chi connectivity index (χ3v) is 8.71. The third-order valence-electron chi connectivity index (χ3n) is 8.71. The normalized spacial score (nSPS) is 19.0. The number of hydrogen-bond donors (Lipinski definition) is 4. The second-order valence-electron chi connectivity index (χ2n) is 13.3. The van der Waals surface area contributed by atoms with E-state index in [1.165, 1.54) is 29.0 Å². The lowest BCUT2D eigenvalue weighted by atomic mass is 9.64. The lowest BCUT2D eigenvalue weighted by Gasteiger charge is -2.47. The van der Waals surface area contributed by atoms with Gasteiger partial charge in [-0.05, 0) is 92.3 Å². The van der Waals surface area contributed by atoms with E-state index in [0.29, 0.717) is 35.2 Å². The summed E-state index contributed by atoms with van der Waals surface area (Å²) in [5, 5.41) is 4.36. The topological polar surface area (TPSA) is 130 Å². The molecule has 0 amide bonds. The first-order valence-electron chi connectivity index (χ1n) is 16.1. The lowest BCUT2D eigenvalue weighted by molar-refractivity contribution is -0.00708. The average Bonchev–Trinajstić information content (AvgIpc) is 2.99. The second-order valence-corrected chi connectivity index (χ2v) is 13.3. The quantitative estimate of drug-likeness (QED) is 0.0926. The molecule has 4 rings (SSSR count). The van der Waals surface area contributed by atoms with Crippen LogP contribution >= 0.6 is 0 Å². The third kappa shape index (κ3) is 8.94. The van der Waals surface area contributed by atoms with Gasteiger partial charge in [0, 0.05) is 38.0 Å². The summed E-state index contributed by atoms with van der Waals surface area (Å²) in [7, 11) is 5.22. The van der Waals surface area contributed by atoms with Crippen LogP contribution in [0.4, 0.5) is 0 Å². The predicted molar refractivity (Wildman–Crippen MR) is 187 cm³/mol. The van der Waals surface area contributed by atoms with Crippen molar-refractivity contribution in [1.82, 2.24) is 10.3 Å². The minimum atomic E-state index is 0.165. The molecule has 250 valence electrons. The number of benzene rings is 2. The fourth-order valence-corrected chi connectivity index (χ4v) is 6.34. The number of hydrazine groups is 1. The zero-order chi connectivity index (χ0) is 33.4. The van der Waals surface area contributed by atoms with Gasteiger partial charge in [0.15, 0.2) is 11.5 Å². The van der Waals surface area contributed by atoms with Crippen LogP contribution in [-0.4, -0.2) is 45.5 Å². The first-order valence-corrected chi connectivity index (χ1v) is 16.1. The van der Waals surface area contributed by atoms with Gasteiger partial charge in [0.2, 0.25) is 0 Å². The Hall–Kier alpha value is -4.24. The first-order chi connectivity index (χ1) is 21.9. The smallest absolute Gasteiger partial charge is 0.164 e. The van der Waals surface area contributed by atoms with Crippen LogP contribution in [0.2, 0.25) is 0 Å². The Morgan fingerprint density at radius 2 is 1.65 bits per heavy atom. The van der Waals surface area contributed by atoms with Crippen molar-refractivity contribution in [2.75, 3.05) is 34.4 Å². The molecular formula is C37H53N5O4. The van der Waals surface area contributed by atoms with Crippen molar-refractivity contribution in [3.63, 3.8) is 0 Å². The number of methoxy groups -OCH3 is 1. The van der Waals surface area contributed by atoms with E-state index in [0.717, 1.165) is 41.0 Å². The van der Waals surface area contributed by atoms with Gasteiger partial charge < -0.3 is 40.7 Å². The van der Waals surface area contributed by atoms with E-state index in [9.17, 15) is 0 Å². The van der Waals surface area contributed by atoms with Gasteiger partial charge in [-0.1, -0.05) is 37.6 Å². The van der Waals surface area contributed by atoms with Gasteiger partial charge in [0.05, 0.1) is 18.5 Å². The number of hydrogen-bond acceptors (Lipinski definition) is 9. The highest BCUT2D eigenvalue weighted by molar-refractivity contribution is 5.74. The summed E-state index contributed by atoms with van der Waals surface area (Å²) >= 11 is 0.